The summed E-state index contributed by atoms with van der Waals surface area (Å²) < 4.78 is 0. The number of aromatic nitrogens is 2. The van der Waals surface area contributed by atoms with E-state index in [1.165, 1.54) is 0 Å². The predicted molar refractivity (Wildman–Crippen MR) is 74.0 cm³/mol. The Morgan fingerprint density at radius 2 is 1.95 bits per heavy atom. The first-order valence-corrected chi connectivity index (χ1v) is 6.78. The fourth-order valence-corrected chi connectivity index (χ4v) is 1.97. The highest BCUT2D eigenvalue weighted by molar-refractivity contribution is 5.95. The number of hydrogen-bond donors (Lipinski definition) is 2. The van der Waals surface area contributed by atoms with Gasteiger partial charge in [-0.15, -0.1) is 0 Å². The van der Waals surface area contributed by atoms with Crippen LogP contribution >= 0.6 is 0 Å². The lowest BCUT2D eigenvalue weighted by molar-refractivity contribution is 0.0816. The van der Waals surface area contributed by atoms with Crippen LogP contribution in [0.2, 0.25) is 0 Å². The summed E-state index contributed by atoms with van der Waals surface area (Å²) in [7, 11) is 0. The van der Waals surface area contributed by atoms with Crippen molar-refractivity contribution in [2.24, 2.45) is 0 Å². The molecule has 0 bridgehead atoms. The molecule has 1 aromatic rings. The van der Waals surface area contributed by atoms with Crippen LogP contribution in [0.3, 0.4) is 0 Å². The highest BCUT2D eigenvalue weighted by Gasteiger charge is 2.28. The fourth-order valence-electron chi connectivity index (χ4n) is 1.97. The molecule has 1 heterocycles. The van der Waals surface area contributed by atoms with Gasteiger partial charge in [-0.1, -0.05) is 20.8 Å². The lowest BCUT2D eigenvalue weighted by Crippen LogP contribution is -2.50. The minimum Gasteiger partial charge on any atom is -0.394 e. The summed E-state index contributed by atoms with van der Waals surface area (Å²) in [5.74, 6) is -0.187. The van der Waals surface area contributed by atoms with Crippen molar-refractivity contribution in [3.8, 4) is 0 Å². The van der Waals surface area contributed by atoms with Crippen LogP contribution in [0.5, 0.6) is 0 Å². The van der Waals surface area contributed by atoms with Crippen molar-refractivity contribution in [3.63, 3.8) is 0 Å². The Morgan fingerprint density at radius 3 is 2.42 bits per heavy atom. The summed E-state index contributed by atoms with van der Waals surface area (Å²) >= 11 is 0. The largest absolute Gasteiger partial charge is 0.394 e. The Kier molecular flexibility index (Phi) is 5.42. The Bertz CT molecular complexity index is 434. The van der Waals surface area contributed by atoms with Crippen LogP contribution in [0.1, 0.15) is 55.4 Å². The molecule has 0 saturated heterocycles. The number of aryl methyl sites for hydroxylation is 2. The topological polar surface area (TPSA) is 75.1 Å². The predicted octanol–water partition coefficient (Wildman–Crippen LogP) is 1.63. The molecule has 0 aliphatic rings. The highest BCUT2D eigenvalue weighted by Crippen LogP contribution is 2.16. The van der Waals surface area contributed by atoms with E-state index in [2.05, 4.69) is 15.5 Å². The van der Waals surface area contributed by atoms with E-state index in [0.717, 1.165) is 0 Å². The number of aliphatic hydroxyl groups excluding tert-OH is 1. The third kappa shape index (κ3) is 3.50. The molecule has 0 aromatic carbocycles. The van der Waals surface area contributed by atoms with Gasteiger partial charge < -0.3 is 10.4 Å². The molecule has 5 nitrogen and oxygen atoms in total. The number of nitrogens with zero attached hydrogens (tertiary/aromatic N) is 2. The number of aliphatic hydroxyl groups is 1. The first kappa shape index (κ1) is 15.6. The summed E-state index contributed by atoms with van der Waals surface area (Å²) in [5.41, 5.74) is 1.39. The maximum atomic E-state index is 12.4. The standard InChI is InChI=1S/C14H23N3O2/c1-5-12-11(8-10(4)16-17-12)13(19)15-14(6-2,7-3)9-18/h8,18H,5-7,9H2,1-4H3,(H,15,19). The van der Waals surface area contributed by atoms with E-state index in [1.54, 1.807) is 6.07 Å². The molecule has 106 valence electrons. The van der Waals surface area contributed by atoms with Gasteiger partial charge in [0.15, 0.2) is 0 Å². The second-order valence-corrected chi connectivity index (χ2v) is 4.80. The van der Waals surface area contributed by atoms with Crippen LogP contribution in [-0.4, -0.2) is 33.4 Å². The normalized spacial score (nSPS) is 11.4. The summed E-state index contributed by atoms with van der Waals surface area (Å²) in [4.78, 5) is 12.4. The summed E-state index contributed by atoms with van der Waals surface area (Å²) in [6.07, 6.45) is 2.02. The average molecular weight is 265 g/mol. The van der Waals surface area contributed by atoms with Crippen molar-refractivity contribution in [3.05, 3.63) is 23.0 Å². The molecule has 1 rings (SSSR count). The van der Waals surface area contributed by atoms with Gasteiger partial charge in [-0.3, -0.25) is 4.79 Å². The van der Waals surface area contributed by atoms with Gasteiger partial charge in [-0.05, 0) is 32.3 Å². The van der Waals surface area contributed by atoms with Gasteiger partial charge in [0.2, 0.25) is 0 Å². The lowest BCUT2D eigenvalue weighted by Gasteiger charge is -2.31. The summed E-state index contributed by atoms with van der Waals surface area (Å²) in [6, 6.07) is 1.74. The second kappa shape index (κ2) is 6.61. The van der Waals surface area contributed by atoms with Crippen LogP contribution in [0, 0.1) is 6.92 Å². The maximum Gasteiger partial charge on any atom is 0.253 e. The molecule has 0 spiro atoms. The number of carbonyl (C=O) groups excluding carboxylic acids is 1. The van der Waals surface area contributed by atoms with Crippen LogP contribution in [0.15, 0.2) is 6.07 Å². The molecule has 0 atom stereocenters. The molecule has 0 fully saturated rings. The molecule has 0 unspecified atom stereocenters. The first-order chi connectivity index (χ1) is 9.01. The Hall–Kier alpha value is -1.49. The molecule has 0 aliphatic carbocycles. The Labute approximate surface area is 114 Å². The van der Waals surface area contributed by atoms with E-state index in [-0.39, 0.29) is 12.5 Å². The fraction of sp³-hybridized carbons (Fsp3) is 0.643. The van der Waals surface area contributed by atoms with Gasteiger partial charge in [-0.2, -0.15) is 10.2 Å². The Morgan fingerprint density at radius 1 is 1.32 bits per heavy atom. The van der Waals surface area contributed by atoms with Crippen LogP contribution in [-0.2, 0) is 6.42 Å². The molecule has 5 heteroatoms. The molecule has 2 N–H and O–H groups in total. The zero-order valence-corrected chi connectivity index (χ0v) is 12.2. The van der Waals surface area contributed by atoms with E-state index in [9.17, 15) is 9.90 Å². The van der Waals surface area contributed by atoms with E-state index >= 15 is 0 Å². The van der Waals surface area contributed by atoms with Gasteiger partial charge in [0.05, 0.1) is 29.1 Å². The van der Waals surface area contributed by atoms with Gasteiger partial charge >= 0.3 is 0 Å². The first-order valence-electron chi connectivity index (χ1n) is 6.78. The van der Waals surface area contributed by atoms with Crippen molar-refractivity contribution in [2.75, 3.05) is 6.61 Å². The zero-order chi connectivity index (χ0) is 14.5. The second-order valence-electron chi connectivity index (χ2n) is 4.80. The van der Waals surface area contributed by atoms with Crippen molar-refractivity contribution < 1.29 is 9.90 Å². The molecular formula is C14H23N3O2. The molecular weight excluding hydrogens is 242 g/mol. The number of hydrogen-bond acceptors (Lipinski definition) is 4. The SMILES string of the molecule is CCc1nnc(C)cc1C(=O)NC(CC)(CC)CO. The molecule has 1 aromatic heterocycles. The third-order valence-electron chi connectivity index (χ3n) is 3.61. The highest BCUT2D eigenvalue weighted by atomic mass is 16.3. The van der Waals surface area contributed by atoms with Crippen molar-refractivity contribution in [1.82, 2.24) is 15.5 Å². The van der Waals surface area contributed by atoms with Crippen molar-refractivity contribution in [2.45, 2.75) is 52.5 Å². The number of carbonyl (C=O) groups is 1. The minimum absolute atomic E-state index is 0.0648. The maximum absolute atomic E-state index is 12.4. The number of rotatable bonds is 6. The molecule has 0 aliphatic heterocycles. The van der Waals surface area contributed by atoms with Crippen LogP contribution in [0.25, 0.3) is 0 Å². The Balaban J connectivity index is 3.03. The van der Waals surface area contributed by atoms with Crippen LogP contribution < -0.4 is 5.32 Å². The molecule has 0 radical (unpaired) electrons. The third-order valence-corrected chi connectivity index (χ3v) is 3.61. The zero-order valence-electron chi connectivity index (χ0n) is 12.2. The quantitative estimate of drug-likeness (QED) is 0.819. The molecule has 0 saturated carbocycles. The molecule has 1 amide bonds. The minimum atomic E-state index is -0.556. The average Bonchev–Trinajstić information content (AvgIpc) is 2.44. The van der Waals surface area contributed by atoms with E-state index in [0.29, 0.717) is 36.2 Å². The summed E-state index contributed by atoms with van der Waals surface area (Å²) in [5, 5.41) is 20.5. The van der Waals surface area contributed by atoms with Crippen molar-refractivity contribution >= 4 is 5.91 Å². The monoisotopic (exact) mass is 265 g/mol. The van der Waals surface area contributed by atoms with Gasteiger partial charge in [0.25, 0.3) is 5.91 Å². The smallest absolute Gasteiger partial charge is 0.253 e. The van der Waals surface area contributed by atoms with E-state index in [4.69, 9.17) is 0 Å². The molecule has 19 heavy (non-hydrogen) atoms. The number of amides is 1. The number of nitrogens with one attached hydrogen (secondary N) is 1. The summed E-state index contributed by atoms with van der Waals surface area (Å²) in [6.45, 7) is 7.59. The van der Waals surface area contributed by atoms with E-state index < -0.39 is 5.54 Å². The lowest BCUT2D eigenvalue weighted by atomic mass is 9.93. The van der Waals surface area contributed by atoms with E-state index in [1.807, 2.05) is 27.7 Å². The van der Waals surface area contributed by atoms with Gasteiger partial charge in [-0.25, -0.2) is 0 Å². The van der Waals surface area contributed by atoms with Gasteiger partial charge in [0, 0.05) is 0 Å². The van der Waals surface area contributed by atoms with Crippen LogP contribution in [0.4, 0.5) is 0 Å². The van der Waals surface area contributed by atoms with Gasteiger partial charge in [0.1, 0.15) is 0 Å². The van der Waals surface area contributed by atoms with Crippen molar-refractivity contribution in [1.29, 1.82) is 0 Å².